The number of aliphatic hydroxyl groups excluding tert-OH is 1. The highest BCUT2D eigenvalue weighted by Gasteiger charge is 2.11. The number of hydrogen-bond acceptors (Lipinski definition) is 4. The smallest absolute Gasteiger partial charge is 0.129 e. The van der Waals surface area contributed by atoms with Crippen molar-refractivity contribution in [1.29, 1.82) is 0 Å². The summed E-state index contributed by atoms with van der Waals surface area (Å²) in [5.74, 6) is 1.44. The number of nitrogens with zero attached hydrogens (tertiary/aromatic N) is 1. The van der Waals surface area contributed by atoms with Crippen molar-refractivity contribution in [1.82, 2.24) is 4.90 Å². The molecule has 1 aromatic heterocycles. The Hall–Kier alpha value is -1.78. The van der Waals surface area contributed by atoms with E-state index in [1.54, 1.807) is 6.07 Å². The predicted molar refractivity (Wildman–Crippen MR) is 82.9 cm³/mol. The van der Waals surface area contributed by atoms with Gasteiger partial charge >= 0.3 is 0 Å². The van der Waals surface area contributed by atoms with E-state index in [1.165, 1.54) is 31.5 Å². The highest BCUT2D eigenvalue weighted by atomic mass is 16.4. The monoisotopic (exact) mass is 286 g/mol. The Morgan fingerprint density at radius 2 is 1.90 bits per heavy atom. The van der Waals surface area contributed by atoms with Crippen LogP contribution in [0.4, 0.5) is 5.69 Å². The molecule has 112 valence electrons. The second-order valence-electron chi connectivity index (χ2n) is 5.56. The number of likely N-dealkylation sites (tertiary alicyclic amines) is 1. The van der Waals surface area contributed by atoms with Crippen LogP contribution in [-0.2, 0) is 19.7 Å². The van der Waals surface area contributed by atoms with Gasteiger partial charge < -0.3 is 14.8 Å². The fourth-order valence-corrected chi connectivity index (χ4v) is 2.77. The molecule has 1 saturated heterocycles. The van der Waals surface area contributed by atoms with Crippen molar-refractivity contribution < 1.29 is 9.52 Å². The lowest BCUT2D eigenvalue weighted by atomic mass is 10.2. The maximum atomic E-state index is 8.99. The van der Waals surface area contributed by atoms with Crippen molar-refractivity contribution in [2.75, 3.05) is 18.4 Å². The van der Waals surface area contributed by atoms with Crippen LogP contribution in [0.15, 0.2) is 40.8 Å². The molecule has 1 aliphatic heterocycles. The number of hydrogen-bond donors (Lipinski definition) is 2. The fourth-order valence-electron chi connectivity index (χ4n) is 2.77. The molecule has 0 radical (unpaired) electrons. The standard InChI is InChI=1S/C17H22N2O2/c20-13-17-7-6-16(21-17)11-18-15-5-3-4-14(10-15)12-19-8-1-2-9-19/h3-7,10,18,20H,1-2,8-9,11-13H2. The molecule has 0 unspecified atom stereocenters. The average molecular weight is 286 g/mol. The second-order valence-corrected chi connectivity index (χ2v) is 5.56. The summed E-state index contributed by atoms with van der Waals surface area (Å²) in [6.45, 7) is 4.05. The van der Waals surface area contributed by atoms with Gasteiger partial charge in [0.25, 0.3) is 0 Å². The fraction of sp³-hybridized carbons (Fsp3) is 0.412. The summed E-state index contributed by atoms with van der Waals surface area (Å²) < 4.78 is 5.47. The van der Waals surface area contributed by atoms with E-state index < -0.39 is 0 Å². The lowest BCUT2D eigenvalue weighted by molar-refractivity contribution is 0.244. The summed E-state index contributed by atoms with van der Waals surface area (Å²) in [5.41, 5.74) is 2.45. The van der Waals surface area contributed by atoms with Crippen LogP contribution in [0, 0.1) is 0 Å². The number of aliphatic hydroxyl groups is 1. The zero-order valence-corrected chi connectivity index (χ0v) is 12.2. The Morgan fingerprint density at radius 3 is 2.67 bits per heavy atom. The molecule has 0 bridgehead atoms. The maximum Gasteiger partial charge on any atom is 0.129 e. The number of rotatable bonds is 6. The Labute approximate surface area is 125 Å². The van der Waals surface area contributed by atoms with Gasteiger partial charge in [0.2, 0.25) is 0 Å². The van der Waals surface area contributed by atoms with E-state index >= 15 is 0 Å². The Balaban J connectivity index is 1.57. The molecule has 0 amide bonds. The van der Waals surface area contributed by atoms with Gasteiger partial charge in [0, 0.05) is 12.2 Å². The molecule has 1 aliphatic rings. The second kappa shape index (κ2) is 6.78. The van der Waals surface area contributed by atoms with Gasteiger partial charge in [0.15, 0.2) is 0 Å². The van der Waals surface area contributed by atoms with Gasteiger partial charge in [-0.2, -0.15) is 0 Å². The molecule has 21 heavy (non-hydrogen) atoms. The molecule has 0 atom stereocenters. The minimum absolute atomic E-state index is 0.0503. The van der Waals surface area contributed by atoms with Gasteiger partial charge in [-0.15, -0.1) is 0 Å². The molecule has 0 aliphatic carbocycles. The van der Waals surface area contributed by atoms with E-state index in [9.17, 15) is 0 Å². The van der Waals surface area contributed by atoms with Crippen LogP contribution in [0.2, 0.25) is 0 Å². The third-order valence-electron chi connectivity index (χ3n) is 3.87. The van der Waals surface area contributed by atoms with Crippen LogP contribution in [-0.4, -0.2) is 23.1 Å². The van der Waals surface area contributed by atoms with Gasteiger partial charge in [0.05, 0.1) is 6.54 Å². The topological polar surface area (TPSA) is 48.6 Å². The molecule has 3 rings (SSSR count). The van der Waals surface area contributed by atoms with Crippen LogP contribution in [0.25, 0.3) is 0 Å². The molecule has 2 N–H and O–H groups in total. The van der Waals surface area contributed by atoms with E-state index in [2.05, 4.69) is 34.5 Å². The predicted octanol–water partition coefficient (Wildman–Crippen LogP) is 2.98. The first kappa shape index (κ1) is 14.2. The maximum absolute atomic E-state index is 8.99. The van der Waals surface area contributed by atoms with Crippen LogP contribution in [0.3, 0.4) is 0 Å². The number of anilines is 1. The zero-order chi connectivity index (χ0) is 14.5. The lowest BCUT2D eigenvalue weighted by Crippen LogP contribution is -2.18. The van der Waals surface area contributed by atoms with E-state index in [4.69, 9.17) is 9.52 Å². The highest BCUT2D eigenvalue weighted by molar-refractivity contribution is 5.45. The molecule has 2 heterocycles. The number of benzene rings is 1. The molecule has 4 nitrogen and oxygen atoms in total. The largest absolute Gasteiger partial charge is 0.462 e. The summed E-state index contributed by atoms with van der Waals surface area (Å²) in [5, 5.41) is 12.4. The Morgan fingerprint density at radius 1 is 1.10 bits per heavy atom. The third-order valence-corrected chi connectivity index (χ3v) is 3.87. The normalized spacial score (nSPS) is 15.5. The van der Waals surface area contributed by atoms with E-state index in [0.29, 0.717) is 12.3 Å². The first-order chi connectivity index (χ1) is 10.3. The van der Waals surface area contributed by atoms with Crippen LogP contribution in [0.1, 0.15) is 29.9 Å². The molecular formula is C17H22N2O2. The summed E-state index contributed by atoms with van der Waals surface area (Å²) in [7, 11) is 0. The van der Waals surface area contributed by atoms with E-state index in [1.807, 2.05) is 6.07 Å². The number of nitrogens with one attached hydrogen (secondary N) is 1. The molecule has 1 aromatic carbocycles. The summed E-state index contributed by atoms with van der Waals surface area (Å²) in [6, 6.07) is 12.3. The highest BCUT2D eigenvalue weighted by Crippen LogP contribution is 2.17. The molecule has 2 aromatic rings. The molecule has 4 heteroatoms. The molecular weight excluding hydrogens is 264 g/mol. The van der Waals surface area contributed by atoms with Gasteiger partial charge in [-0.25, -0.2) is 0 Å². The van der Waals surface area contributed by atoms with Crippen molar-refractivity contribution in [3.63, 3.8) is 0 Å². The minimum atomic E-state index is -0.0503. The van der Waals surface area contributed by atoms with Crippen molar-refractivity contribution >= 4 is 5.69 Å². The van der Waals surface area contributed by atoms with Crippen molar-refractivity contribution in [2.45, 2.75) is 32.5 Å². The molecule has 0 spiro atoms. The minimum Gasteiger partial charge on any atom is -0.462 e. The summed E-state index contributed by atoms with van der Waals surface area (Å²) in [4.78, 5) is 2.50. The Bertz CT molecular complexity index is 574. The van der Waals surface area contributed by atoms with Crippen LogP contribution in [0.5, 0.6) is 0 Å². The van der Waals surface area contributed by atoms with Gasteiger partial charge in [-0.05, 0) is 55.8 Å². The van der Waals surface area contributed by atoms with Crippen molar-refractivity contribution in [2.24, 2.45) is 0 Å². The van der Waals surface area contributed by atoms with Gasteiger partial charge in [-0.3, -0.25) is 4.90 Å². The van der Waals surface area contributed by atoms with Crippen molar-refractivity contribution in [3.8, 4) is 0 Å². The summed E-state index contributed by atoms with van der Waals surface area (Å²) >= 11 is 0. The zero-order valence-electron chi connectivity index (χ0n) is 12.2. The first-order valence-electron chi connectivity index (χ1n) is 7.57. The SMILES string of the molecule is OCc1ccc(CNc2cccc(CN3CCCC3)c2)o1. The summed E-state index contributed by atoms with van der Waals surface area (Å²) in [6.07, 6.45) is 2.65. The van der Waals surface area contributed by atoms with Gasteiger partial charge in [0.1, 0.15) is 18.1 Å². The molecule has 1 fully saturated rings. The lowest BCUT2D eigenvalue weighted by Gasteiger charge is -2.15. The quantitative estimate of drug-likeness (QED) is 0.857. The molecule has 0 saturated carbocycles. The van der Waals surface area contributed by atoms with Crippen LogP contribution >= 0.6 is 0 Å². The third kappa shape index (κ3) is 3.86. The van der Waals surface area contributed by atoms with Gasteiger partial charge in [-0.1, -0.05) is 12.1 Å². The van der Waals surface area contributed by atoms with Crippen LogP contribution < -0.4 is 5.32 Å². The number of furan rings is 1. The van der Waals surface area contributed by atoms with Crippen molar-refractivity contribution in [3.05, 3.63) is 53.5 Å². The van der Waals surface area contributed by atoms with E-state index in [0.717, 1.165) is 18.0 Å². The Kier molecular flexibility index (Phi) is 4.58. The first-order valence-corrected chi connectivity index (χ1v) is 7.57. The van der Waals surface area contributed by atoms with E-state index in [-0.39, 0.29) is 6.61 Å². The average Bonchev–Trinajstić information content (AvgIpc) is 3.17.